The SMILES string of the molecule is CCNC(C)CCCC(=O)C(N)(CCC=O)C(=O)O. The zero-order chi connectivity index (χ0) is 14.9. The summed E-state index contributed by atoms with van der Waals surface area (Å²) in [5.41, 5.74) is 3.69. The Morgan fingerprint density at radius 2 is 2.11 bits per heavy atom. The minimum absolute atomic E-state index is 0.0255. The number of nitrogens with two attached hydrogens (primary N) is 1. The molecule has 0 bridgehead atoms. The number of aldehydes is 1. The molecule has 0 saturated carbocycles. The lowest BCUT2D eigenvalue weighted by atomic mass is 9.87. The Bertz CT molecular complexity index is 320. The van der Waals surface area contributed by atoms with Crippen LogP contribution in [0.1, 0.15) is 46.0 Å². The average Bonchev–Trinajstić information content (AvgIpc) is 2.35. The van der Waals surface area contributed by atoms with E-state index < -0.39 is 17.3 Å². The highest BCUT2D eigenvalue weighted by Crippen LogP contribution is 2.15. The molecule has 0 saturated heterocycles. The van der Waals surface area contributed by atoms with Crippen molar-refractivity contribution in [3.05, 3.63) is 0 Å². The first kappa shape index (κ1) is 17.7. The van der Waals surface area contributed by atoms with Gasteiger partial charge in [0.05, 0.1) is 0 Å². The van der Waals surface area contributed by atoms with Crippen LogP contribution in [0.15, 0.2) is 0 Å². The van der Waals surface area contributed by atoms with E-state index in [9.17, 15) is 14.4 Å². The molecule has 0 aromatic carbocycles. The Morgan fingerprint density at radius 3 is 2.58 bits per heavy atom. The lowest BCUT2D eigenvalue weighted by Gasteiger charge is -2.22. The summed E-state index contributed by atoms with van der Waals surface area (Å²) in [5, 5.41) is 12.3. The second kappa shape index (κ2) is 8.77. The van der Waals surface area contributed by atoms with Crippen molar-refractivity contribution in [2.45, 2.75) is 57.5 Å². The molecule has 0 aliphatic carbocycles. The van der Waals surface area contributed by atoms with E-state index in [-0.39, 0.29) is 25.3 Å². The minimum Gasteiger partial charge on any atom is -0.480 e. The third-order valence-corrected chi connectivity index (χ3v) is 3.13. The van der Waals surface area contributed by atoms with Crippen LogP contribution in [0.2, 0.25) is 0 Å². The Labute approximate surface area is 113 Å². The van der Waals surface area contributed by atoms with Gasteiger partial charge in [-0.3, -0.25) is 4.79 Å². The van der Waals surface area contributed by atoms with Crippen LogP contribution in [0, 0.1) is 0 Å². The fourth-order valence-electron chi connectivity index (χ4n) is 1.89. The number of carboxylic acid groups (broad SMARTS) is 1. The van der Waals surface area contributed by atoms with E-state index in [1.165, 1.54) is 0 Å². The number of carbonyl (C=O) groups is 3. The normalized spacial score (nSPS) is 15.5. The van der Waals surface area contributed by atoms with E-state index in [2.05, 4.69) is 5.32 Å². The molecule has 2 unspecified atom stereocenters. The predicted molar refractivity (Wildman–Crippen MR) is 71.8 cm³/mol. The fraction of sp³-hybridized carbons (Fsp3) is 0.769. The molecule has 6 nitrogen and oxygen atoms in total. The quantitative estimate of drug-likeness (QED) is 0.373. The number of Topliss-reactive ketones (excluding diaryl/α,β-unsaturated/α-hetero) is 1. The third-order valence-electron chi connectivity index (χ3n) is 3.13. The first-order valence-corrected chi connectivity index (χ1v) is 6.61. The van der Waals surface area contributed by atoms with Crippen LogP contribution in [0.4, 0.5) is 0 Å². The van der Waals surface area contributed by atoms with Crippen molar-refractivity contribution >= 4 is 18.0 Å². The molecule has 0 amide bonds. The third kappa shape index (κ3) is 5.94. The number of carbonyl (C=O) groups excluding carboxylic acids is 2. The molecular formula is C13H24N2O4. The van der Waals surface area contributed by atoms with Crippen LogP contribution < -0.4 is 11.1 Å². The number of rotatable bonds is 11. The van der Waals surface area contributed by atoms with Crippen LogP contribution in [0.5, 0.6) is 0 Å². The largest absolute Gasteiger partial charge is 0.480 e. The van der Waals surface area contributed by atoms with Gasteiger partial charge < -0.3 is 21.0 Å². The van der Waals surface area contributed by atoms with Gasteiger partial charge in [-0.25, -0.2) is 4.79 Å². The van der Waals surface area contributed by atoms with Crippen molar-refractivity contribution in [1.29, 1.82) is 0 Å². The number of hydrogen-bond donors (Lipinski definition) is 3. The second-order valence-corrected chi connectivity index (χ2v) is 4.76. The van der Waals surface area contributed by atoms with Crippen molar-refractivity contribution in [2.75, 3.05) is 6.54 Å². The summed E-state index contributed by atoms with van der Waals surface area (Å²) < 4.78 is 0. The highest BCUT2D eigenvalue weighted by atomic mass is 16.4. The molecule has 0 fully saturated rings. The zero-order valence-corrected chi connectivity index (χ0v) is 11.6. The van der Waals surface area contributed by atoms with E-state index in [4.69, 9.17) is 10.8 Å². The van der Waals surface area contributed by atoms with Crippen molar-refractivity contribution in [1.82, 2.24) is 5.32 Å². The van der Waals surface area contributed by atoms with Crippen molar-refractivity contribution in [2.24, 2.45) is 5.73 Å². The second-order valence-electron chi connectivity index (χ2n) is 4.76. The summed E-state index contributed by atoms with van der Waals surface area (Å²) >= 11 is 0. The van der Waals surface area contributed by atoms with E-state index in [1.54, 1.807) is 0 Å². The molecule has 6 heteroatoms. The number of hydrogen-bond acceptors (Lipinski definition) is 5. The summed E-state index contributed by atoms with van der Waals surface area (Å²) in [5.74, 6) is -1.87. The van der Waals surface area contributed by atoms with Gasteiger partial charge in [0, 0.05) is 18.9 Å². The molecule has 0 heterocycles. The van der Waals surface area contributed by atoms with E-state index in [0.29, 0.717) is 12.7 Å². The number of aliphatic carboxylic acids is 1. The highest BCUT2D eigenvalue weighted by molar-refractivity contribution is 6.07. The van der Waals surface area contributed by atoms with Gasteiger partial charge in [-0.15, -0.1) is 0 Å². The van der Waals surface area contributed by atoms with Crippen molar-refractivity contribution in [3.63, 3.8) is 0 Å². The first-order valence-electron chi connectivity index (χ1n) is 6.61. The molecule has 4 N–H and O–H groups in total. The lowest BCUT2D eigenvalue weighted by molar-refractivity contribution is -0.148. The Morgan fingerprint density at radius 1 is 1.47 bits per heavy atom. The molecule has 0 aromatic heterocycles. The molecule has 0 aliphatic rings. The van der Waals surface area contributed by atoms with Gasteiger partial charge in [-0.1, -0.05) is 6.92 Å². The van der Waals surface area contributed by atoms with E-state index in [1.807, 2.05) is 13.8 Å². The first-order chi connectivity index (χ1) is 8.88. The summed E-state index contributed by atoms with van der Waals surface area (Å²) in [7, 11) is 0. The van der Waals surface area contributed by atoms with Gasteiger partial charge in [-0.2, -0.15) is 0 Å². The predicted octanol–water partition coefficient (Wildman–Crippen LogP) is 0.485. The molecular weight excluding hydrogens is 248 g/mol. The summed E-state index contributed by atoms with van der Waals surface area (Å²) in [6, 6.07) is 0.282. The molecule has 0 aliphatic heterocycles. The van der Waals surface area contributed by atoms with Gasteiger partial charge >= 0.3 is 5.97 Å². The topological polar surface area (TPSA) is 109 Å². The van der Waals surface area contributed by atoms with Crippen molar-refractivity contribution < 1.29 is 19.5 Å². The fourth-order valence-corrected chi connectivity index (χ4v) is 1.89. The number of nitrogens with one attached hydrogen (secondary N) is 1. The molecule has 0 rings (SSSR count). The van der Waals surface area contributed by atoms with Crippen molar-refractivity contribution in [3.8, 4) is 0 Å². The smallest absolute Gasteiger partial charge is 0.331 e. The molecule has 0 radical (unpaired) electrons. The van der Waals surface area contributed by atoms with Gasteiger partial charge in [0.1, 0.15) is 6.29 Å². The monoisotopic (exact) mass is 272 g/mol. The van der Waals surface area contributed by atoms with Gasteiger partial charge in [0.2, 0.25) is 0 Å². The Hall–Kier alpha value is -1.27. The maximum Gasteiger partial charge on any atom is 0.331 e. The molecule has 0 spiro atoms. The van der Waals surface area contributed by atoms with Crippen LogP contribution in [0.3, 0.4) is 0 Å². The minimum atomic E-state index is -1.93. The van der Waals surface area contributed by atoms with E-state index in [0.717, 1.165) is 13.0 Å². The maximum absolute atomic E-state index is 11.9. The van der Waals surface area contributed by atoms with Crippen LogP contribution in [-0.2, 0) is 14.4 Å². The molecule has 0 aromatic rings. The molecule has 19 heavy (non-hydrogen) atoms. The van der Waals surface area contributed by atoms with E-state index >= 15 is 0 Å². The lowest BCUT2D eigenvalue weighted by Crippen LogP contribution is -2.55. The number of carboxylic acids is 1. The molecule has 2 atom stereocenters. The van der Waals surface area contributed by atoms with Crippen LogP contribution in [0.25, 0.3) is 0 Å². The van der Waals surface area contributed by atoms with Crippen LogP contribution >= 0.6 is 0 Å². The number of ketones is 1. The van der Waals surface area contributed by atoms with Gasteiger partial charge in [0.15, 0.2) is 11.3 Å². The maximum atomic E-state index is 11.9. The van der Waals surface area contributed by atoms with Gasteiger partial charge in [-0.05, 0) is 32.7 Å². The average molecular weight is 272 g/mol. The summed E-state index contributed by atoms with van der Waals surface area (Å²) in [6.45, 7) is 4.86. The zero-order valence-electron chi connectivity index (χ0n) is 11.6. The summed E-state index contributed by atoms with van der Waals surface area (Å²) in [4.78, 5) is 33.3. The Balaban J connectivity index is 4.34. The van der Waals surface area contributed by atoms with Gasteiger partial charge in [0.25, 0.3) is 0 Å². The summed E-state index contributed by atoms with van der Waals surface area (Å²) in [6.07, 6.45) is 1.89. The Kier molecular flexibility index (Phi) is 8.18. The highest BCUT2D eigenvalue weighted by Gasteiger charge is 2.40. The standard InChI is InChI=1S/C13H24N2O4/c1-3-15-10(2)6-4-7-11(17)13(14,12(18)19)8-5-9-16/h9-10,15H,3-8,14H2,1-2H3,(H,18,19). The van der Waals surface area contributed by atoms with Crippen LogP contribution in [-0.4, -0.2) is 41.3 Å². The molecule has 110 valence electrons.